The van der Waals surface area contributed by atoms with Gasteiger partial charge in [0.2, 0.25) is 5.91 Å². The number of nitrogens with zero attached hydrogens (tertiary/aromatic N) is 1. The van der Waals surface area contributed by atoms with E-state index in [4.69, 9.17) is 21.1 Å². The lowest BCUT2D eigenvalue weighted by Crippen LogP contribution is -2.50. The fourth-order valence-electron chi connectivity index (χ4n) is 3.40. The third-order valence-corrected chi connectivity index (χ3v) is 5.32. The van der Waals surface area contributed by atoms with E-state index >= 15 is 0 Å². The predicted molar refractivity (Wildman–Crippen MR) is 99.9 cm³/mol. The lowest BCUT2D eigenvalue weighted by atomic mass is 9.63. The number of methoxy groups -OCH3 is 2. The van der Waals surface area contributed by atoms with E-state index in [1.165, 1.54) is 0 Å². The van der Waals surface area contributed by atoms with Crippen LogP contribution in [0.1, 0.15) is 24.8 Å². The van der Waals surface area contributed by atoms with Crippen molar-refractivity contribution in [3.8, 4) is 11.5 Å². The second kappa shape index (κ2) is 6.96. The van der Waals surface area contributed by atoms with Gasteiger partial charge in [0.15, 0.2) is 11.5 Å². The Morgan fingerprint density at radius 3 is 2.20 bits per heavy atom. The smallest absolute Gasteiger partial charge is 0.237 e. The normalized spacial score (nSPS) is 15.2. The molecule has 0 heterocycles. The molecule has 132 valence electrons. The number of benzene rings is 2. The van der Waals surface area contributed by atoms with E-state index in [9.17, 15) is 4.79 Å². The molecular weight excluding hydrogens is 338 g/mol. The first-order valence-electron chi connectivity index (χ1n) is 8.28. The molecule has 0 spiro atoms. The molecule has 4 nitrogen and oxygen atoms in total. The molecule has 1 aliphatic carbocycles. The summed E-state index contributed by atoms with van der Waals surface area (Å²) in [4.78, 5) is 15.0. The second-order valence-electron chi connectivity index (χ2n) is 6.35. The first-order valence-corrected chi connectivity index (χ1v) is 8.66. The fraction of sp³-hybridized carbons (Fsp3) is 0.350. The van der Waals surface area contributed by atoms with Crippen LogP contribution in [0.3, 0.4) is 0 Å². The molecule has 0 radical (unpaired) electrons. The van der Waals surface area contributed by atoms with Gasteiger partial charge in [-0.1, -0.05) is 30.2 Å². The predicted octanol–water partition coefficient (Wildman–Crippen LogP) is 4.44. The Balaban J connectivity index is 1.92. The molecule has 0 N–H and O–H groups in total. The molecule has 0 saturated heterocycles. The summed E-state index contributed by atoms with van der Waals surface area (Å²) in [6.07, 6.45) is 2.75. The minimum Gasteiger partial charge on any atom is -0.493 e. The number of amides is 1. The van der Waals surface area contributed by atoms with Crippen LogP contribution in [-0.2, 0) is 10.2 Å². The number of hydrogen-bond acceptors (Lipinski definition) is 3. The standard InChI is InChI=1S/C20H22ClNO3/c1-22(16-9-10-17(24-2)18(13-16)25-3)19(23)20(11-4-12-20)14-5-7-15(21)8-6-14/h5-10,13H,4,11-12H2,1-3H3. The molecule has 0 unspecified atom stereocenters. The van der Waals surface area contributed by atoms with E-state index in [1.807, 2.05) is 42.5 Å². The van der Waals surface area contributed by atoms with Crippen molar-refractivity contribution in [1.29, 1.82) is 0 Å². The van der Waals surface area contributed by atoms with Gasteiger partial charge in [-0.05, 0) is 42.7 Å². The van der Waals surface area contributed by atoms with Crippen LogP contribution in [0.15, 0.2) is 42.5 Å². The summed E-state index contributed by atoms with van der Waals surface area (Å²) in [5.41, 5.74) is 1.34. The molecule has 0 aromatic heterocycles. The van der Waals surface area contributed by atoms with Gasteiger partial charge < -0.3 is 14.4 Å². The zero-order chi connectivity index (χ0) is 18.0. The number of carbonyl (C=O) groups excluding carboxylic acids is 1. The Labute approximate surface area is 153 Å². The van der Waals surface area contributed by atoms with Crippen molar-refractivity contribution in [3.63, 3.8) is 0 Å². The van der Waals surface area contributed by atoms with Crippen molar-refractivity contribution in [2.45, 2.75) is 24.7 Å². The Bertz CT molecular complexity index is 769. The summed E-state index contributed by atoms with van der Waals surface area (Å²) in [7, 11) is 4.99. The molecule has 2 aromatic carbocycles. The maximum atomic E-state index is 13.3. The van der Waals surface area contributed by atoms with Crippen molar-refractivity contribution >= 4 is 23.2 Å². The zero-order valence-corrected chi connectivity index (χ0v) is 15.5. The van der Waals surface area contributed by atoms with Gasteiger partial charge in [0.25, 0.3) is 0 Å². The van der Waals surface area contributed by atoms with E-state index in [0.717, 1.165) is 30.5 Å². The van der Waals surface area contributed by atoms with Crippen molar-refractivity contribution < 1.29 is 14.3 Å². The lowest BCUT2D eigenvalue weighted by molar-refractivity contribution is -0.126. The molecular formula is C20H22ClNO3. The summed E-state index contributed by atoms with van der Waals surface area (Å²) >= 11 is 6.00. The minimum absolute atomic E-state index is 0.0910. The largest absolute Gasteiger partial charge is 0.493 e. The Hall–Kier alpha value is -2.20. The van der Waals surface area contributed by atoms with Crippen LogP contribution in [-0.4, -0.2) is 27.2 Å². The van der Waals surface area contributed by atoms with E-state index < -0.39 is 5.41 Å². The van der Waals surface area contributed by atoms with Crippen molar-refractivity contribution in [2.24, 2.45) is 0 Å². The molecule has 25 heavy (non-hydrogen) atoms. The average Bonchev–Trinajstić information content (AvgIpc) is 2.61. The van der Waals surface area contributed by atoms with E-state index in [-0.39, 0.29) is 5.91 Å². The van der Waals surface area contributed by atoms with Crippen LogP contribution >= 0.6 is 11.6 Å². The average molecular weight is 360 g/mol. The third kappa shape index (κ3) is 3.07. The highest BCUT2D eigenvalue weighted by molar-refractivity contribution is 6.30. The summed E-state index contributed by atoms with van der Waals surface area (Å²) in [5, 5.41) is 0.680. The number of anilines is 1. The van der Waals surface area contributed by atoms with Gasteiger partial charge in [0.1, 0.15) is 0 Å². The van der Waals surface area contributed by atoms with Gasteiger partial charge in [0.05, 0.1) is 19.6 Å². The van der Waals surface area contributed by atoms with E-state index in [2.05, 4.69) is 0 Å². The first-order chi connectivity index (χ1) is 12.0. The van der Waals surface area contributed by atoms with Crippen molar-refractivity contribution in [1.82, 2.24) is 0 Å². The van der Waals surface area contributed by atoms with Crippen LogP contribution in [0, 0.1) is 0 Å². The van der Waals surface area contributed by atoms with Gasteiger partial charge in [0, 0.05) is 23.8 Å². The fourth-order valence-corrected chi connectivity index (χ4v) is 3.52. The van der Waals surface area contributed by atoms with Crippen molar-refractivity contribution in [2.75, 3.05) is 26.2 Å². The summed E-state index contributed by atoms with van der Waals surface area (Å²) < 4.78 is 10.6. The van der Waals surface area contributed by atoms with Crippen molar-refractivity contribution in [3.05, 3.63) is 53.1 Å². The van der Waals surface area contributed by atoms with E-state index in [1.54, 1.807) is 26.2 Å². The Morgan fingerprint density at radius 1 is 1.04 bits per heavy atom. The topological polar surface area (TPSA) is 38.8 Å². The van der Waals surface area contributed by atoms with Crippen LogP contribution in [0.2, 0.25) is 5.02 Å². The highest BCUT2D eigenvalue weighted by Gasteiger charge is 2.47. The monoisotopic (exact) mass is 359 g/mol. The summed E-state index contributed by atoms with van der Waals surface area (Å²) in [6.45, 7) is 0. The van der Waals surface area contributed by atoms with Crippen LogP contribution < -0.4 is 14.4 Å². The second-order valence-corrected chi connectivity index (χ2v) is 6.78. The molecule has 0 aliphatic heterocycles. The third-order valence-electron chi connectivity index (χ3n) is 5.07. The molecule has 1 aliphatic rings. The van der Waals surface area contributed by atoms with Gasteiger partial charge in [-0.3, -0.25) is 4.79 Å². The molecule has 2 aromatic rings. The molecule has 0 atom stereocenters. The van der Waals surface area contributed by atoms with E-state index in [0.29, 0.717) is 16.5 Å². The number of likely N-dealkylation sites (N-methyl/N-ethyl adjacent to an activating group) is 1. The zero-order valence-electron chi connectivity index (χ0n) is 14.7. The molecule has 5 heteroatoms. The van der Waals surface area contributed by atoms with Crippen LogP contribution in [0.25, 0.3) is 0 Å². The highest BCUT2D eigenvalue weighted by Crippen LogP contribution is 2.46. The lowest BCUT2D eigenvalue weighted by Gasteiger charge is -2.43. The molecule has 3 rings (SSSR count). The summed E-state index contributed by atoms with van der Waals surface area (Å²) in [5.74, 6) is 1.34. The molecule has 1 saturated carbocycles. The molecule has 1 fully saturated rings. The molecule has 0 bridgehead atoms. The van der Waals surface area contributed by atoms with Gasteiger partial charge >= 0.3 is 0 Å². The first kappa shape index (κ1) is 17.6. The number of carbonyl (C=O) groups is 1. The SMILES string of the molecule is COc1ccc(N(C)C(=O)C2(c3ccc(Cl)cc3)CCC2)cc1OC. The van der Waals surface area contributed by atoms with Crippen LogP contribution in [0.5, 0.6) is 11.5 Å². The van der Waals surface area contributed by atoms with Crippen LogP contribution in [0.4, 0.5) is 5.69 Å². The van der Waals surface area contributed by atoms with Gasteiger partial charge in [-0.25, -0.2) is 0 Å². The maximum Gasteiger partial charge on any atom is 0.237 e. The number of halogens is 1. The highest BCUT2D eigenvalue weighted by atomic mass is 35.5. The Morgan fingerprint density at radius 2 is 1.68 bits per heavy atom. The molecule has 1 amide bonds. The van der Waals surface area contributed by atoms with Gasteiger partial charge in [-0.15, -0.1) is 0 Å². The quantitative estimate of drug-likeness (QED) is 0.792. The minimum atomic E-state index is -0.466. The maximum absolute atomic E-state index is 13.3. The number of rotatable bonds is 5. The van der Waals surface area contributed by atoms with Gasteiger partial charge in [-0.2, -0.15) is 0 Å². The number of hydrogen-bond donors (Lipinski definition) is 0. The number of ether oxygens (including phenoxy) is 2. The Kier molecular flexibility index (Phi) is 4.91. The summed E-state index contributed by atoms with van der Waals surface area (Å²) in [6, 6.07) is 13.1.